The van der Waals surface area contributed by atoms with Gasteiger partial charge < -0.3 is 15.8 Å². The molecule has 0 aliphatic rings. The lowest BCUT2D eigenvalue weighted by Gasteiger charge is -2.14. The van der Waals surface area contributed by atoms with Crippen LogP contribution in [0.2, 0.25) is 0 Å². The van der Waals surface area contributed by atoms with E-state index in [0.717, 1.165) is 6.26 Å². The fraction of sp³-hybridized carbons (Fsp3) is 0.417. The third kappa shape index (κ3) is 6.50. The molecule has 0 bridgehead atoms. The number of hydrogen-bond acceptors (Lipinski definition) is 5. The second kappa shape index (κ2) is 7.32. The lowest BCUT2D eigenvalue weighted by molar-refractivity contribution is -0.117. The van der Waals surface area contributed by atoms with Gasteiger partial charge in [0.05, 0.1) is 17.5 Å². The van der Waals surface area contributed by atoms with Gasteiger partial charge in [-0.1, -0.05) is 12.1 Å². The Morgan fingerprint density at radius 3 is 2.57 bits per heavy atom. The first-order chi connectivity index (χ1) is 9.69. The molecule has 0 fully saturated rings. The van der Waals surface area contributed by atoms with Crippen molar-refractivity contribution in [3.8, 4) is 5.75 Å². The van der Waals surface area contributed by atoms with Crippen LogP contribution in [0.15, 0.2) is 24.3 Å². The Balaban J connectivity index is 2.70. The number of benzene rings is 1. The highest BCUT2D eigenvalue weighted by Crippen LogP contribution is 2.25. The summed E-state index contributed by atoms with van der Waals surface area (Å²) in [5, 5.41) is 2.33. The standard InChI is InChI=1S/C12H16F2N2O4S/c1-21(18,19)7-6-8(15)11(17)16-9-4-2-3-5-10(9)20-12(13)14/h2-5,8,12H,6-7,15H2,1H3,(H,16,17). The molecule has 21 heavy (non-hydrogen) atoms. The van der Waals surface area contributed by atoms with E-state index in [1.807, 2.05) is 0 Å². The second-order valence-electron chi connectivity index (χ2n) is 4.39. The van der Waals surface area contributed by atoms with E-state index in [4.69, 9.17) is 5.73 Å². The van der Waals surface area contributed by atoms with Gasteiger partial charge in [-0.2, -0.15) is 8.78 Å². The number of carbonyl (C=O) groups excluding carboxylic acids is 1. The largest absolute Gasteiger partial charge is 0.433 e. The first kappa shape index (κ1) is 17.3. The zero-order chi connectivity index (χ0) is 16.0. The van der Waals surface area contributed by atoms with Crippen molar-refractivity contribution in [1.29, 1.82) is 0 Å². The number of carbonyl (C=O) groups is 1. The molecule has 118 valence electrons. The van der Waals surface area contributed by atoms with Gasteiger partial charge in [-0.15, -0.1) is 0 Å². The fourth-order valence-electron chi connectivity index (χ4n) is 1.47. The summed E-state index contributed by atoms with van der Waals surface area (Å²) < 4.78 is 50.7. The number of para-hydroxylation sites is 2. The van der Waals surface area contributed by atoms with Crippen LogP contribution in [0.1, 0.15) is 6.42 Å². The summed E-state index contributed by atoms with van der Waals surface area (Å²) in [4.78, 5) is 11.8. The fourth-order valence-corrected chi connectivity index (χ4v) is 2.15. The molecule has 0 saturated carbocycles. The van der Waals surface area contributed by atoms with Crippen molar-refractivity contribution in [2.45, 2.75) is 19.1 Å². The molecular weight excluding hydrogens is 306 g/mol. The van der Waals surface area contributed by atoms with Gasteiger partial charge in [-0.25, -0.2) is 8.42 Å². The average molecular weight is 322 g/mol. The highest BCUT2D eigenvalue weighted by atomic mass is 32.2. The molecule has 0 spiro atoms. The summed E-state index contributed by atoms with van der Waals surface area (Å²) in [7, 11) is -3.23. The van der Waals surface area contributed by atoms with Crippen molar-refractivity contribution in [3.05, 3.63) is 24.3 Å². The number of nitrogens with one attached hydrogen (secondary N) is 1. The van der Waals surface area contributed by atoms with Crippen LogP contribution < -0.4 is 15.8 Å². The third-order valence-corrected chi connectivity index (χ3v) is 3.47. The number of amides is 1. The van der Waals surface area contributed by atoms with Crippen LogP contribution >= 0.6 is 0 Å². The summed E-state index contributed by atoms with van der Waals surface area (Å²) in [6.07, 6.45) is 0.964. The van der Waals surface area contributed by atoms with Gasteiger partial charge in [0, 0.05) is 6.26 Å². The molecular formula is C12H16F2N2O4S. The van der Waals surface area contributed by atoms with E-state index in [1.165, 1.54) is 24.3 Å². The Morgan fingerprint density at radius 2 is 2.00 bits per heavy atom. The Hall–Kier alpha value is -1.74. The number of halogens is 2. The molecule has 6 nitrogen and oxygen atoms in total. The van der Waals surface area contributed by atoms with Crippen LogP contribution in [0.25, 0.3) is 0 Å². The number of ether oxygens (including phenoxy) is 1. The van der Waals surface area contributed by atoms with Crippen LogP contribution in [0, 0.1) is 0 Å². The lowest BCUT2D eigenvalue weighted by atomic mass is 10.2. The van der Waals surface area contributed by atoms with Crippen molar-refractivity contribution >= 4 is 21.4 Å². The lowest BCUT2D eigenvalue weighted by Crippen LogP contribution is -2.37. The predicted molar refractivity (Wildman–Crippen MR) is 74.0 cm³/mol. The van der Waals surface area contributed by atoms with Crippen molar-refractivity contribution in [2.24, 2.45) is 5.73 Å². The maximum Gasteiger partial charge on any atom is 0.387 e. The Bertz CT molecular complexity index is 593. The average Bonchev–Trinajstić information content (AvgIpc) is 2.36. The van der Waals surface area contributed by atoms with E-state index in [-0.39, 0.29) is 23.6 Å². The maximum atomic E-state index is 12.2. The van der Waals surface area contributed by atoms with Crippen LogP contribution in [0.4, 0.5) is 14.5 Å². The first-order valence-electron chi connectivity index (χ1n) is 5.97. The van der Waals surface area contributed by atoms with E-state index in [1.54, 1.807) is 0 Å². The van der Waals surface area contributed by atoms with E-state index >= 15 is 0 Å². The van der Waals surface area contributed by atoms with E-state index in [2.05, 4.69) is 10.1 Å². The molecule has 1 unspecified atom stereocenters. The SMILES string of the molecule is CS(=O)(=O)CCC(N)C(=O)Nc1ccccc1OC(F)F. The maximum absolute atomic E-state index is 12.2. The smallest absolute Gasteiger partial charge is 0.387 e. The Morgan fingerprint density at radius 1 is 1.38 bits per heavy atom. The summed E-state index contributed by atoms with van der Waals surface area (Å²) in [5.74, 6) is -1.11. The number of hydrogen-bond donors (Lipinski definition) is 2. The predicted octanol–water partition coefficient (Wildman–Crippen LogP) is 0.989. The van der Waals surface area contributed by atoms with Gasteiger partial charge >= 0.3 is 6.61 Å². The van der Waals surface area contributed by atoms with Crippen LogP contribution in [-0.2, 0) is 14.6 Å². The molecule has 1 rings (SSSR count). The summed E-state index contributed by atoms with van der Waals surface area (Å²) in [6.45, 7) is -3.03. The zero-order valence-electron chi connectivity index (χ0n) is 11.3. The minimum absolute atomic E-state index is 0.0394. The van der Waals surface area contributed by atoms with Crippen molar-refractivity contribution in [3.63, 3.8) is 0 Å². The van der Waals surface area contributed by atoms with Gasteiger partial charge in [-0.3, -0.25) is 4.79 Å². The van der Waals surface area contributed by atoms with Gasteiger partial charge in [0.25, 0.3) is 0 Å². The van der Waals surface area contributed by atoms with Crippen LogP contribution in [0.3, 0.4) is 0 Å². The van der Waals surface area contributed by atoms with E-state index in [9.17, 15) is 22.0 Å². The first-order valence-corrected chi connectivity index (χ1v) is 8.03. The molecule has 1 aromatic rings. The number of rotatable bonds is 7. The Kier molecular flexibility index (Phi) is 6.03. The molecule has 0 aliphatic heterocycles. The quantitative estimate of drug-likeness (QED) is 0.780. The summed E-state index contributed by atoms with van der Waals surface area (Å²) >= 11 is 0. The molecule has 9 heteroatoms. The molecule has 0 aromatic heterocycles. The molecule has 0 radical (unpaired) electrons. The zero-order valence-corrected chi connectivity index (χ0v) is 12.1. The van der Waals surface area contributed by atoms with Crippen molar-refractivity contribution < 1.29 is 26.7 Å². The molecule has 0 saturated heterocycles. The molecule has 0 aliphatic carbocycles. The van der Waals surface area contributed by atoms with Gasteiger partial charge in [0.1, 0.15) is 15.6 Å². The van der Waals surface area contributed by atoms with Crippen molar-refractivity contribution in [1.82, 2.24) is 0 Å². The van der Waals surface area contributed by atoms with Gasteiger partial charge in [0.2, 0.25) is 5.91 Å². The van der Waals surface area contributed by atoms with E-state index < -0.39 is 28.4 Å². The number of alkyl halides is 2. The number of anilines is 1. The summed E-state index contributed by atoms with van der Waals surface area (Å²) in [5.41, 5.74) is 5.60. The normalized spacial score (nSPS) is 13.0. The number of nitrogens with two attached hydrogens (primary N) is 1. The third-order valence-electron chi connectivity index (χ3n) is 2.50. The van der Waals surface area contributed by atoms with Crippen molar-refractivity contribution in [2.75, 3.05) is 17.3 Å². The number of sulfone groups is 1. The minimum atomic E-state index is -3.23. The highest BCUT2D eigenvalue weighted by molar-refractivity contribution is 7.90. The summed E-state index contributed by atoms with van der Waals surface area (Å²) in [6, 6.07) is 4.56. The molecule has 1 atom stereocenters. The van der Waals surface area contributed by atoms with E-state index in [0.29, 0.717) is 0 Å². The van der Waals surface area contributed by atoms with Crippen LogP contribution in [0.5, 0.6) is 5.75 Å². The van der Waals surface area contributed by atoms with Gasteiger partial charge in [-0.05, 0) is 18.6 Å². The topological polar surface area (TPSA) is 98.5 Å². The Labute approximate surface area is 121 Å². The second-order valence-corrected chi connectivity index (χ2v) is 6.65. The highest BCUT2D eigenvalue weighted by Gasteiger charge is 2.18. The molecule has 0 heterocycles. The van der Waals surface area contributed by atoms with Crippen LogP contribution in [-0.4, -0.2) is 39.0 Å². The minimum Gasteiger partial charge on any atom is -0.433 e. The molecule has 1 aromatic carbocycles. The molecule has 3 N–H and O–H groups in total. The monoisotopic (exact) mass is 322 g/mol. The molecule has 1 amide bonds. The van der Waals surface area contributed by atoms with Gasteiger partial charge in [0.15, 0.2) is 0 Å².